The zero-order valence-electron chi connectivity index (χ0n) is 9.68. The van der Waals surface area contributed by atoms with E-state index < -0.39 is 24.7 Å². The Morgan fingerprint density at radius 3 is 2.61 bits per heavy atom. The van der Waals surface area contributed by atoms with Crippen LogP contribution < -0.4 is 5.73 Å². The van der Waals surface area contributed by atoms with E-state index in [0.717, 1.165) is 4.90 Å². The Labute approximate surface area is 103 Å². The van der Waals surface area contributed by atoms with Gasteiger partial charge in [0.25, 0.3) is 5.92 Å². The lowest BCUT2D eigenvalue weighted by molar-refractivity contribution is -0.0262. The molecular weight excluding hydrogens is 242 g/mol. The Morgan fingerprint density at radius 2 is 2.06 bits per heavy atom. The van der Waals surface area contributed by atoms with Gasteiger partial charge in [0, 0.05) is 12.1 Å². The summed E-state index contributed by atoms with van der Waals surface area (Å²) in [6.07, 6.45) is -1.23. The van der Waals surface area contributed by atoms with Crippen LogP contribution in [0.4, 0.5) is 13.6 Å². The Morgan fingerprint density at radius 1 is 1.39 bits per heavy atom. The summed E-state index contributed by atoms with van der Waals surface area (Å²) in [6.45, 7) is -0.441. The summed E-state index contributed by atoms with van der Waals surface area (Å²) in [4.78, 5) is 12.4. The maximum Gasteiger partial charge on any atom is 0.410 e. The van der Waals surface area contributed by atoms with E-state index in [1.54, 1.807) is 6.07 Å². The highest BCUT2D eigenvalue weighted by Crippen LogP contribution is 2.30. The predicted octanol–water partition coefficient (Wildman–Crippen LogP) is 1.56. The lowest BCUT2D eigenvalue weighted by atomic mass is 10.1. The van der Waals surface area contributed by atoms with Gasteiger partial charge in [0.05, 0.1) is 13.1 Å². The molecule has 0 bridgehead atoms. The number of benzene rings is 1. The largest absolute Gasteiger partial charge is 0.443 e. The minimum atomic E-state index is -3.09. The maximum atomic E-state index is 13.9. The molecule has 0 spiro atoms. The van der Waals surface area contributed by atoms with Crippen molar-refractivity contribution in [2.75, 3.05) is 19.6 Å². The zero-order valence-corrected chi connectivity index (χ0v) is 9.68. The van der Waals surface area contributed by atoms with Crippen molar-refractivity contribution in [3.05, 3.63) is 35.9 Å². The van der Waals surface area contributed by atoms with Crippen molar-refractivity contribution in [2.24, 2.45) is 5.73 Å². The normalized spacial score (nSPS) is 20.1. The minimum Gasteiger partial charge on any atom is -0.443 e. The molecule has 1 amide bonds. The Balaban J connectivity index is 2.07. The highest BCUT2D eigenvalue weighted by atomic mass is 19.3. The number of hydrogen-bond acceptors (Lipinski definition) is 3. The molecule has 1 aliphatic rings. The predicted molar refractivity (Wildman–Crippen MR) is 61.2 cm³/mol. The molecular formula is C12H14F2N2O2. The van der Waals surface area contributed by atoms with Crippen LogP contribution >= 0.6 is 0 Å². The summed E-state index contributed by atoms with van der Waals surface area (Å²) in [5.74, 6) is -3.09. The van der Waals surface area contributed by atoms with Crippen molar-refractivity contribution >= 4 is 6.09 Å². The first-order chi connectivity index (χ1) is 8.53. The van der Waals surface area contributed by atoms with Crippen LogP contribution in [0, 0.1) is 0 Å². The van der Waals surface area contributed by atoms with E-state index in [4.69, 9.17) is 10.5 Å². The molecule has 98 valence electrons. The van der Waals surface area contributed by atoms with Crippen LogP contribution in [-0.2, 0) is 10.7 Å². The molecule has 1 aromatic carbocycles. The van der Waals surface area contributed by atoms with Crippen molar-refractivity contribution in [1.82, 2.24) is 4.90 Å². The summed E-state index contributed by atoms with van der Waals surface area (Å²) in [5, 5.41) is 0. The molecule has 0 radical (unpaired) electrons. The van der Waals surface area contributed by atoms with Gasteiger partial charge in [-0.15, -0.1) is 0 Å². The second-order valence-corrected chi connectivity index (χ2v) is 4.19. The van der Waals surface area contributed by atoms with Gasteiger partial charge in [-0.05, 0) is 0 Å². The van der Waals surface area contributed by atoms with Crippen molar-refractivity contribution < 1.29 is 18.3 Å². The summed E-state index contributed by atoms with van der Waals surface area (Å²) in [7, 11) is 0. The number of hydrogen-bond donors (Lipinski definition) is 1. The zero-order chi connectivity index (χ0) is 13.2. The number of amides is 1. The van der Waals surface area contributed by atoms with E-state index in [2.05, 4.69) is 0 Å². The number of alkyl halides is 2. The molecule has 1 unspecified atom stereocenters. The van der Waals surface area contributed by atoms with Crippen LogP contribution in [0.1, 0.15) is 5.56 Å². The van der Waals surface area contributed by atoms with Gasteiger partial charge in [0.1, 0.15) is 6.10 Å². The second kappa shape index (κ2) is 4.89. The lowest BCUT2D eigenvalue weighted by Crippen LogP contribution is -2.37. The van der Waals surface area contributed by atoms with Gasteiger partial charge in [-0.1, -0.05) is 30.3 Å². The first kappa shape index (κ1) is 12.8. The highest BCUT2D eigenvalue weighted by molar-refractivity contribution is 5.70. The third-order valence-electron chi connectivity index (χ3n) is 2.80. The van der Waals surface area contributed by atoms with Crippen LogP contribution in [-0.4, -0.2) is 36.7 Å². The summed E-state index contributed by atoms with van der Waals surface area (Å²) < 4.78 is 32.7. The fraction of sp³-hybridized carbons (Fsp3) is 0.417. The molecule has 1 atom stereocenters. The molecule has 1 aromatic rings. The van der Waals surface area contributed by atoms with Gasteiger partial charge in [-0.2, -0.15) is 8.78 Å². The summed E-state index contributed by atoms with van der Waals surface area (Å²) in [5.41, 5.74) is 5.23. The number of nitrogens with zero attached hydrogens (tertiary/aromatic N) is 1. The first-order valence-corrected chi connectivity index (χ1v) is 5.62. The molecule has 0 saturated carbocycles. The Hall–Kier alpha value is -1.69. The van der Waals surface area contributed by atoms with Gasteiger partial charge in [-0.25, -0.2) is 4.79 Å². The second-order valence-electron chi connectivity index (χ2n) is 4.19. The molecule has 2 N–H and O–H groups in total. The van der Waals surface area contributed by atoms with Crippen LogP contribution in [0.25, 0.3) is 0 Å². The fourth-order valence-electron chi connectivity index (χ4n) is 1.84. The van der Waals surface area contributed by atoms with Gasteiger partial charge >= 0.3 is 6.09 Å². The average molecular weight is 256 g/mol. The summed E-state index contributed by atoms with van der Waals surface area (Å²) >= 11 is 0. The van der Waals surface area contributed by atoms with E-state index in [-0.39, 0.29) is 18.7 Å². The first-order valence-electron chi connectivity index (χ1n) is 5.62. The highest BCUT2D eigenvalue weighted by Gasteiger charge is 2.40. The number of carbonyl (C=O) groups excluding carboxylic acids is 1. The third kappa shape index (κ3) is 2.59. The van der Waals surface area contributed by atoms with E-state index in [9.17, 15) is 13.6 Å². The van der Waals surface area contributed by atoms with E-state index >= 15 is 0 Å². The summed E-state index contributed by atoms with van der Waals surface area (Å²) in [6, 6.07) is 7.40. The van der Waals surface area contributed by atoms with Gasteiger partial charge < -0.3 is 10.5 Å². The average Bonchev–Trinajstić information content (AvgIpc) is 2.71. The number of rotatable bonds is 4. The van der Waals surface area contributed by atoms with E-state index in [1.165, 1.54) is 24.3 Å². The quantitative estimate of drug-likeness (QED) is 0.889. The van der Waals surface area contributed by atoms with Crippen molar-refractivity contribution in [2.45, 2.75) is 12.0 Å². The SMILES string of the molecule is NCC1CN(CC(F)(F)c2ccccc2)C(=O)O1. The minimum absolute atomic E-state index is 0.109. The molecule has 4 nitrogen and oxygen atoms in total. The smallest absolute Gasteiger partial charge is 0.410 e. The monoisotopic (exact) mass is 256 g/mol. The van der Waals surface area contributed by atoms with E-state index in [1.807, 2.05) is 0 Å². The number of halogens is 2. The molecule has 1 saturated heterocycles. The van der Waals surface area contributed by atoms with Crippen molar-refractivity contribution in [3.63, 3.8) is 0 Å². The van der Waals surface area contributed by atoms with Crippen molar-refractivity contribution in [3.8, 4) is 0 Å². The van der Waals surface area contributed by atoms with Gasteiger partial charge in [-0.3, -0.25) is 4.90 Å². The molecule has 0 aliphatic carbocycles. The third-order valence-corrected chi connectivity index (χ3v) is 2.80. The van der Waals surface area contributed by atoms with Crippen LogP contribution in [0.3, 0.4) is 0 Å². The molecule has 1 heterocycles. The molecule has 18 heavy (non-hydrogen) atoms. The topological polar surface area (TPSA) is 55.6 Å². The standard InChI is InChI=1S/C12H14F2N2O2/c13-12(14,9-4-2-1-3-5-9)8-16-7-10(6-15)18-11(16)17/h1-5,10H,6-8,15H2. The number of nitrogens with two attached hydrogens (primary N) is 1. The number of cyclic esters (lactones) is 1. The molecule has 1 aliphatic heterocycles. The van der Waals surface area contributed by atoms with Gasteiger partial charge in [0.2, 0.25) is 0 Å². The Kier molecular flexibility index (Phi) is 3.47. The Bertz CT molecular complexity index is 425. The van der Waals surface area contributed by atoms with E-state index in [0.29, 0.717) is 0 Å². The molecule has 1 fully saturated rings. The van der Waals surface area contributed by atoms with Crippen LogP contribution in [0.5, 0.6) is 0 Å². The van der Waals surface area contributed by atoms with Crippen LogP contribution in [0.15, 0.2) is 30.3 Å². The molecule has 0 aromatic heterocycles. The van der Waals surface area contributed by atoms with Crippen molar-refractivity contribution in [1.29, 1.82) is 0 Å². The molecule has 6 heteroatoms. The van der Waals surface area contributed by atoms with Crippen LogP contribution in [0.2, 0.25) is 0 Å². The number of ether oxygens (including phenoxy) is 1. The number of carbonyl (C=O) groups is 1. The van der Waals surface area contributed by atoms with Gasteiger partial charge in [0.15, 0.2) is 0 Å². The fourth-order valence-corrected chi connectivity index (χ4v) is 1.84. The molecule has 2 rings (SSSR count). The lowest BCUT2D eigenvalue weighted by Gasteiger charge is -2.22. The maximum absolute atomic E-state index is 13.9.